The van der Waals surface area contributed by atoms with E-state index in [9.17, 15) is 19.8 Å². The number of unbranched alkanes of at least 4 members (excludes halogenated alkanes) is 14. The van der Waals surface area contributed by atoms with Crippen LogP contribution in [0.15, 0.2) is 0 Å². The van der Waals surface area contributed by atoms with Crippen LogP contribution < -0.4 is 132 Å². The van der Waals surface area contributed by atoms with Gasteiger partial charge in [0.15, 0.2) is 0 Å². The van der Waals surface area contributed by atoms with Gasteiger partial charge in [-0.05, 0) is 0 Å². The van der Waals surface area contributed by atoms with Gasteiger partial charge in [0.25, 0.3) is 0 Å². The SMILES string of the molecule is CCCCCCCCCC[C-](C)CCCCCCCCCC.O=C([O-])CC(=O)[O-].[K+].[K+].[Li+]. The molecule has 7 heteroatoms. The summed E-state index contributed by atoms with van der Waals surface area (Å²) >= 11 is 0. The third kappa shape index (κ3) is 46.2. The number of hydrogen-bond donors (Lipinski definition) is 0. The predicted octanol–water partition coefficient (Wildman–Crippen LogP) is -3.47. The van der Waals surface area contributed by atoms with Crippen molar-refractivity contribution < 1.29 is 141 Å². The summed E-state index contributed by atoms with van der Waals surface area (Å²) in [6, 6.07) is 0. The van der Waals surface area contributed by atoms with Crippen LogP contribution in [0.25, 0.3) is 0 Å². The van der Waals surface area contributed by atoms with E-state index in [0.29, 0.717) is 0 Å². The Labute approximate surface area is 297 Å². The molecule has 4 nitrogen and oxygen atoms in total. The van der Waals surface area contributed by atoms with E-state index in [1.807, 2.05) is 0 Å². The maximum atomic E-state index is 9.28. The molecule has 0 bridgehead atoms. The molecule has 0 aromatic carbocycles. The van der Waals surface area contributed by atoms with Crippen molar-refractivity contribution >= 4 is 11.9 Å². The van der Waals surface area contributed by atoms with Crippen molar-refractivity contribution in [2.24, 2.45) is 0 Å². The van der Waals surface area contributed by atoms with Gasteiger partial charge in [-0.2, -0.15) is 19.8 Å². The van der Waals surface area contributed by atoms with Crippen molar-refractivity contribution in [2.45, 2.75) is 143 Å². The molecule has 32 heavy (non-hydrogen) atoms. The van der Waals surface area contributed by atoms with Crippen LogP contribution in [0.5, 0.6) is 0 Å². The quantitative estimate of drug-likeness (QED) is 0.0759. The maximum absolute atomic E-state index is 9.28. The van der Waals surface area contributed by atoms with Gasteiger partial charge in [0, 0.05) is 18.4 Å². The van der Waals surface area contributed by atoms with Gasteiger partial charge in [0.2, 0.25) is 0 Å². The fraction of sp³-hybridized carbons (Fsp3) is 0.880. The van der Waals surface area contributed by atoms with Crippen molar-refractivity contribution in [2.75, 3.05) is 0 Å². The first-order chi connectivity index (χ1) is 13.9. The van der Waals surface area contributed by atoms with Gasteiger partial charge in [-0.1, -0.05) is 117 Å². The largest absolute Gasteiger partial charge is 1.00 e. The van der Waals surface area contributed by atoms with Crippen molar-refractivity contribution in [3.05, 3.63) is 5.92 Å². The van der Waals surface area contributed by atoms with Crippen LogP contribution in [0.1, 0.15) is 143 Å². The Morgan fingerprint density at radius 2 is 0.812 bits per heavy atom. The van der Waals surface area contributed by atoms with Crippen LogP contribution in [0.2, 0.25) is 0 Å². The number of carbonyl (C=O) groups is 2. The molecular formula is C25H47K2LiO4. The Bertz CT molecular complexity index is 340. The normalized spacial score (nSPS) is 9.62. The molecule has 0 aliphatic rings. The molecule has 0 rings (SSSR count). The minimum absolute atomic E-state index is 0. The van der Waals surface area contributed by atoms with Gasteiger partial charge < -0.3 is 25.7 Å². The van der Waals surface area contributed by atoms with Crippen molar-refractivity contribution in [3.8, 4) is 0 Å². The molecular weight excluding hydrogens is 449 g/mol. The molecule has 0 spiro atoms. The molecule has 0 saturated carbocycles. The topological polar surface area (TPSA) is 80.3 Å². The smallest absolute Gasteiger partial charge is 0.550 e. The third-order valence-electron chi connectivity index (χ3n) is 5.20. The molecule has 0 N–H and O–H groups in total. The van der Waals surface area contributed by atoms with E-state index in [0.717, 1.165) is 0 Å². The summed E-state index contributed by atoms with van der Waals surface area (Å²) in [5.74, 6) is -1.49. The molecule has 0 aromatic rings. The molecule has 0 heterocycles. The minimum atomic E-state index is -1.63. The molecule has 0 aromatic heterocycles. The Morgan fingerprint density at radius 3 is 1.03 bits per heavy atom. The molecule has 0 aliphatic carbocycles. The first kappa shape index (κ1) is 44.8. The minimum Gasteiger partial charge on any atom is -0.550 e. The number of aliphatic carboxylic acids is 2. The Hall–Kier alpha value is 2.81. The molecule has 0 unspecified atom stereocenters. The monoisotopic (exact) mass is 496 g/mol. The third-order valence-corrected chi connectivity index (χ3v) is 5.20. The zero-order chi connectivity index (χ0) is 22.2. The maximum Gasteiger partial charge on any atom is 1.00 e. The molecule has 174 valence electrons. The standard InChI is InChI=1S/C22H45.C3H4O4.2K.Li/c1-4-6-8-10-12-14-16-18-20-22(3)21-19-17-15-13-11-9-7-5-2;4-2(5)1-3(6)7;;;/h4-21H2,1-3H3;1H2,(H,4,5)(H,6,7);;;/q-1;;3*+1/p-2. The summed E-state index contributed by atoms with van der Waals surface area (Å²) in [4.78, 5) is 18.6. The first-order valence-corrected chi connectivity index (χ1v) is 12.1. The van der Waals surface area contributed by atoms with Crippen LogP contribution in [-0.4, -0.2) is 11.9 Å². The second-order valence-corrected chi connectivity index (χ2v) is 8.33. The summed E-state index contributed by atoms with van der Waals surface area (Å²) in [5.41, 5.74) is 0. The zero-order valence-corrected chi connectivity index (χ0v) is 28.8. The van der Waals surface area contributed by atoms with Crippen molar-refractivity contribution in [3.63, 3.8) is 0 Å². The number of rotatable bonds is 20. The molecule has 0 atom stereocenters. The van der Waals surface area contributed by atoms with Gasteiger partial charge in [-0.15, -0.1) is 0 Å². The molecule has 0 fully saturated rings. The van der Waals surface area contributed by atoms with Gasteiger partial charge in [-0.3, -0.25) is 0 Å². The van der Waals surface area contributed by atoms with E-state index in [1.165, 1.54) is 116 Å². The second-order valence-electron chi connectivity index (χ2n) is 8.33. The van der Waals surface area contributed by atoms with E-state index >= 15 is 0 Å². The fourth-order valence-corrected chi connectivity index (χ4v) is 3.36. The number of carboxylic acid groups (broad SMARTS) is 2. The molecule has 0 radical (unpaired) electrons. The number of carboxylic acids is 2. The van der Waals surface area contributed by atoms with Crippen LogP contribution in [0, 0.1) is 5.92 Å². The van der Waals surface area contributed by atoms with Gasteiger partial charge in [0.05, 0.1) is 0 Å². The Morgan fingerprint density at radius 1 is 0.562 bits per heavy atom. The molecule has 0 amide bonds. The summed E-state index contributed by atoms with van der Waals surface area (Å²) in [5, 5.41) is 18.6. The van der Waals surface area contributed by atoms with Crippen molar-refractivity contribution in [1.29, 1.82) is 0 Å². The molecule has 0 aliphatic heterocycles. The van der Waals surface area contributed by atoms with Gasteiger partial charge in [0.1, 0.15) is 0 Å². The van der Waals surface area contributed by atoms with Crippen LogP contribution >= 0.6 is 0 Å². The van der Waals surface area contributed by atoms with Gasteiger partial charge in [-0.25, -0.2) is 0 Å². The predicted molar refractivity (Wildman–Crippen MR) is 118 cm³/mol. The number of carbonyl (C=O) groups excluding carboxylic acids is 2. The Kier molecular flexibility index (Phi) is 53.7. The first-order valence-electron chi connectivity index (χ1n) is 12.1. The molecule has 0 saturated heterocycles. The second kappa shape index (κ2) is 38.3. The van der Waals surface area contributed by atoms with E-state index in [2.05, 4.69) is 20.8 Å². The zero-order valence-electron chi connectivity index (χ0n) is 22.6. The fourth-order valence-electron chi connectivity index (χ4n) is 3.36. The van der Waals surface area contributed by atoms with Crippen LogP contribution in [-0.2, 0) is 9.59 Å². The van der Waals surface area contributed by atoms with Gasteiger partial charge >= 0.3 is 122 Å². The summed E-state index contributed by atoms with van der Waals surface area (Å²) in [6.07, 6.45) is 24.9. The number of hydrogen-bond acceptors (Lipinski definition) is 4. The van der Waals surface area contributed by atoms with Crippen LogP contribution in [0.4, 0.5) is 0 Å². The average molecular weight is 497 g/mol. The van der Waals surface area contributed by atoms with Crippen LogP contribution in [0.3, 0.4) is 0 Å². The van der Waals surface area contributed by atoms with E-state index < -0.39 is 18.4 Å². The van der Waals surface area contributed by atoms with E-state index in [-0.39, 0.29) is 122 Å². The van der Waals surface area contributed by atoms with E-state index in [4.69, 9.17) is 0 Å². The summed E-state index contributed by atoms with van der Waals surface area (Å²) < 4.78 is 0. The summed E-state index contributed by atoms with van der Waals surface area (Å²) in [6.45, 7) is 6.98. The Balaban J connectivity index is -0.000000211. The average Bonchev–Trinajstić information content (AvgIpc) is 2.65. The van der Waals surface area contributed by atoms with Crippen molar-refractivity contribution in [1.82, 2.24) is 0 Å². The summed E-state index contributed by atoms with van der Waals surface area (Å²) in [7, 11) is 0. The van der Waals surface area contributed by atoms with E-state index in [1.54, 1.807) is 5.92 Å².